The average Bonchev–Trinajstić information content (AvgIpc) is 2.52. The van der Waals surface area contributed by atoms with E-state index in [2.05, 4.69) is 11.7 Å². The van der Waals surface area contributed by atoms with Crippen LogP contribution in [0.4, 0.5) is 8.78 Å². The quantitative estimate of drug-likeness (QED) is 0.900. The molecule has 0 aromatic carbocycles. The zero-order valence-corrected chi connectivity index (χ0v) is 9.99. The second-order valence-corrected chi connectivity index (χ2v) is 4.68. The van der Waals surface area contributed by atoms with Gasteiger partial charge in [-0.25, -0.2) is 13.6 Å². The summed E-state index contributed by atoms with van der Waals surface area (Å²) in [5, 5.41) is 13.2. The van der Waals surface area contributed by atoms with Gasteiger partial charge in [0.05, 0.1) is 5.69 Å². The van der Waals surface area contributed by atoms with Crippen LogP contribution in [0, 0.1) is 12.8 Å². The van der Waals surface area contributed by atoms with Crippen molar-refractivity contribution in [2.45, 2.75) is 32.2 Å². The molecule has 1 aliphatic carbocycles. The Morgan fingerprint density at radius 3 is 2.72 bits per heavy atom. The van der Waals surface area contributed by atoms with E-state index in [1.54, 1.807) is 6.92 Å². The van der Waals surface area contributed by atoms with Crippen LogP contribution < -0.4 is 0 Å². The van der Waals surface area contributed by atoms with Crippen LogP contribution in [0.2, 0.25) is 0 Å². The molecule has 1 saturated carbocycles. The average molecular weight is 256 g/mol. The summed E-state index contributed by atoms with van der Waals surface area (Å²) < 4.78 is 26.8. The highest BCUT2D eigenvalue weighted by molar-refractivity contribution is 5.88. The van der Waals surface area contributed by atoms with E-state index in [4.69, 9.17) is 5.11 Å². The molecule has 1 N–H and O–H groups in total. The lowest BCUT2D eigenvalue weighted by Crippen LogP contribution is -2.38. The molecule has 18 heavy (non-hydrogen) atoms. The molecular weight excluding hydrogens is 242 g/mol. The van der Waals surface area contributed by atoms with Crippen LogP contribution in [-0.2, 0) is 6.54 Å². The van der Waals surface area contributed by atoms with Crippen LogP contribution >= 0.6 is 0 Å². The van der Waals surface area contributed by atoms with Gasteiger partial charge in [-0.3, -0.25) is 4.68 Å². The van der Waals surface area contributed by atoms with E-state index in [0.29, 0.717) is 11.3 Å². The molecule has 1 aromatic heterocycles. The zero-order chi connectivity index (χ0) is 13.5. The Balaban J connectivity index is 2.22. The molecular formula is C12H14F2N2O2. The normalized spacial score (nSPS) is 18.4. The van der Waals surface area contributed by atoms with Crippen molar-refractivity contribution in [3.8, 4) is 0 Å². The summed E-state index contributed by atoms with van der Waals surface area (Å²) >= 11 is 0. The molecule has 1 fully saturated rings. The summed E-state index contributed by atoms with van der Waals surface area (Å²) in [6.07, 6.45) is 1.07. The number of rotatable bonds is 4. The summed E-state index contributed by atoms with van der Waals surface area (Å²) in [6, 6.07) is 0. The van der Waals surface area contributed by atoms with E-state index in [9.17, 15) is 13.6 Å². The van der Waals surface area contributed by atoms with Gasteiger partial charge in [0.2, 0.25) is 5.92 Å². The maximum Gasteiger partial charge on any atom is 0.354 e. The van der Waals surface area contributed by atoms with Crippen molar-refractivity contribution < 1.29 is 18.7 Å². The van der Waals surface area contributed by atoms with Crippen molar-refractivity contribution in [1.29, 1.82) is 0 Å². The van der Waals surface area contributed by atoms with E-state index < -0.39 is 11.9 Å². The number of carboxylic acid groups (broad SMARTS) is 1. The fourth-order valence-electron chi connectivity index (χ4n) is 2.33. The van der Waals surface area contributed by atoms with Gasteiger partial charge in [0.15, 0.2) is 0 Å². The second kappa shape index (κ2) is 4.19. The highest BCUT2D eigenvalue weighted by atomic mass is 19.3. The van der Waals surface area contributed by atoms with Crippen molar-refractivity contribution in [3.63, 3.8) is 0 Å². The summed E-state index contributed by atoms with van der Waals surface area (Å²) in [5.41, 5.74) is 1.06. The number of aromatic nitrogens is 2. The number of nitrogens with zero attached hydrogens (tertiary/aromatic N) is 2. The van der Waals surface area contributed by atoms with Gasteiger partial charge in [0.1, 0.15) is 5.69 Å². The smallest absolute Gasteiger partial charge is 0.354 e. The minimum absolute atomic E-state index is 0.0557. The first kappa shape index (κ1) is 12.7. The first-order valence-corrected chi connectivity index (χ1v) is 5.65. The Labute approximate surface area is 103 Å². The number of hydrogen-bond acceptors (Lipinski definition) is 2. The van der Waals surface area contributed by atoms with Crippen LogP contribution in [0.25, 0.3) is 6.08 Å². The number of carbonyl (C=O) groups is 1. The largest absolute Gasteiger partial charge is 0.477 e. The molecule has 0 bridgehead atoms. The Morgan fingerprint density at radius 1 is 1.67 bits per heavy atom. The summed E-state index contributed by atoms with van der Waals surface area (Å²) in [7, 11) is 0. The predicted octanol–water partition coefficient (Wildman–Crippen LogP) is 2.58. The molecule has 1 aliphatic rings. The minimum Gasteiger partial charge on any atom is -0.477 e. The molecule has 2 rings (SSSR count). The van der Waals surface area contributed by atoms with Gasteiger partial charge >= 0.3 is 5.97 Å². The highest BCUT2D eigenvalue weighted by Crippen LogP contribution is 2.43. The lowest BCUT2D eigenvalue weighted by Gasteiger charge is -2.34. The number of aromatic carboxylic acids is 1. The van der Waals surface area contributed by atoms with Gasteiger partial charge < -0.3 is 5.11 Å². The molecule has 0 spiro atoms. The third-order valence-electron chi connectivity index (χ3n) is 3.23. The molecule has 1 aromatic rings. The fraction of sp³-hybridized carbons (Fsp3) is 0.500. The zero-order valence-electron chi connectivity index (χ0n) is 9.99. The third-order valence-corrected chi connectivity index (χ3v) is 3.23. The third kappa shape index (κ3) is 2.14. The van der Waals surface area contributed by atoms with E-state index >= 15 is 0 Å². The van der Waals surface area contributed by atoms with Crippen LogP contribution in [-0.4, -0.2) is 26.8 Å². The monoisotopic (exact) mass is 256 g/mol. The topological polar surface area (TPSA) is 55.1 Å². The summed E-state index contributed by atoms with van der Waals surface area (Å²) in [6.45, 7) is 5.41. The number of alkyl halides is 2. The summed E-state index contributed by atoms with van der Waals surface area (Å²) in [4.78, 5) is 11.1. The molecule has 6 heteroatoms. The Bertz CT molecular complexity index is 500. The van der Waals surface area contributed by atoms with Gasteiger partial charge in [-0.1, -0.05) is 6.58 Å². The Hall–Kier alpha value is -1.72. The first-order chi connectivity index (χ1) is 8.34. The van der Waals surface area contributed by atoms with Crippen molar-refractivity contribution in [1.82, 2.24) is 9.78 Å². The maximum absolute atomic E-state index is 12.7. The van der Waals surface area contributed by atoms with Gasteiger partial charge in [-0.15, -0.1) is 0 Å². The minimum atomic E-state index is -2.60. The predicted molar refractivity (Wildman–Crippen MR) is 61.7 cm³/mol. The Kier molecular flexibility index (Phi) is 2.96. The second-order valence-electron chi connectivity index (χ2n) is 4.68. The first-order valence-electron chi connectivity index (χ1n) is 5.65. The molecule has 1 heterocycles. The van der Waals surface area contributed by atoms with E-state index in [1.165, 1.54) is 10.8 Å². The van der Waals surface area contributed by atoms with Gasteiger partial charge in [-0.2, -0.15) is 5.10 Å². The van der Waals surface area contributed by atoms with Crippen LogP contribution in [0.1, 0.15) is 34.6 Å². The van der Waals surface area contributed by atoms with Gasteiger partial charge in [-0.05, 0) is 18.9 Å². The number of hydrogen-bond donors (Lipinski definition) is 1. The van der Waals surface area contributed by atoms with Crippen molar-refractivity contribution in [3.05, 3.63) is 23.5 Å². The number of carboxylic acids is 1. The fourth-order valence-corrected chi connectivity index (χ4v) is 2.33. The van der Waals surface area contributed by atoms with Gasteiger partial charge in [0, 0.05) is 24.9 Å². The van der Waals surface area contributed by atoms with E-state index in [0.717, 1.165) is 0 Å². The van der Waals surface area contributed by atoms with Crippen molar-refractivity contribution in [2.24, 2.45) is 5.92 Å². The van der Waals surface area contributed by atoms with Gasteiger partial charge in [0.25, 0.3) is 0 Å². The molecule has 0 radical (unpaired) electrons. The van der Waals surface area contributed by atoms with E-state index in [-0.39, 0.29) is 31.0 Å². The molecule has 0 atom stereocenters. The molecule has 0 amide bonds. The number of halogens is 2. The summed E-state index contributed by atoms with van der Waals surface area (Å²) in [5.74, 6) is -3.91. The van der Waals surface area contributed by atoms with Crippen LogP contribution in [0.3, 0.4) is 0 Å². The lowest BCUT2D eigenvalue weighted by atomic mass is 9.81. The Morgan fingerprint density at radius 2 is 2.28 bits per heavy atom. The SMILES string of the molecule is C=Cc1nn(CC2CC(F)(F)C2)c(C(=O)O)c1C. The maximum atomic E-state index is 12.7. The van der Waals surface area contributed by atoms with Crippen LogP contribution in [0.15, 0.2) is 6.58 Å². The molecule has 0 aliphatic heterocycles. The molecule has 98 valence electrons. The van der Waals surface area contributed by atoms with E-state index in [1.807, 2.05) is 0 Å². The standard InChI is InChI=1S/C12H14F2N2O2/c1-3-9-7(2)10(11(17)18)16(15-9)6-8-4-12(13,14)5-8/h3,8H,1,4-6H2,2H3,(H,17,18). The molecule has 0 saturated heterocycles. The van der Waals surface area contributed by atoms with Crippen molar-refractivity contribution >= 4 is 12.0 Å². The lowest BCUT2D eigenvalue weighted by molar-refractivity contribution is -0.114. The molecule has 0 unspecified atom stereocenters. The highest BCUT2D eigenvalue weighted by Gasteiger charge is 2.45. The van der Waals surface area contributed by atoms with Crippen LogP contribution in [0.5, 0.6) is 0 Å². The molecule has 4 nitrogen and oxygen atoms in total. The van der Waals surface area contributed by atoms with Crippen molar-refractivity contribution in [2.75, 3.05) is 0 Å².